The first kappa shape index (κ1) is 24.3. The molecule has 2 aliphatic rings. The smallest absolute Gasteiger partial charge is 0.0718 e. The third-order valence-electron chi connectivity index (χ3n) is 6.53. The average molecular weight is 433 g/mol. The molecule has 2 saturated heterocycles. The Balaban J connectivity index is 1.63. The summed E-state index contributed by atoms with van der Waals surface area (Å²) in [6.45, 7) is 21.7. The van der Waals surface area contributed by atoms with E-state index < -0.39 is 11.2 Å². The third-order valence-corrected chi connectivity index (χ3v) is 6.53. The molecule has 0 saturated carbocycles. The molecule has 31 heavy (non-hydrogen) atoms. The molecule has 176 valence electrons. The number of hydrogen-bond acceptors (Lipinski definition) is 6. The predicted molar refractivity (Wildman–Crippen MR) is 130 cm³/mol. The Hall–Kier alpha value is -1.34. The van der Waals surface area contributed by atoms with Crippen molar-refractivity contribution in [3.8, 4) is 0 Å². The van der Waals surface area contributed by atoms with Crippen LogP contribution in [-0.2, 0) is 0 Å². The van der Waals surface area contributed by atoms with Crippen molar-refractivity contribution in [2.45, 2.75) is 71.8 Å². The summed E-state index contributed by atoms with van der Waals surface area (Å²) in [4.78, 5) is 9.77. The lowest BCUT2D eigenvalue weighted by atomic mass is 10.0. The van der Waals surface area contributed by atoms with Gasteiger partial charge in [-0.2, -0.15) is 0 Å². The number of benzene rings is 1. The van der Waals surface area contributed by atoms with Gasteiger partial charge in [-0.25, -0.2) is 0 Å². The summed E-state index contributed by atoms with van der Waals surface area (Å²) >= 11 is 0. The van der Waals surface area contributed by atoms with Gasteiger partial charge in [0.25, 0.3) is 0 Å². The molecule has 6 nitrogen and oxygen atoms in total. The van der Waals surface area contributed by atoms with Crippen LogP contribution in [-0.4, -0.2) is 95.7 Å². The Morgan fingerprint density at radius 1 is 0.871 bits per heavy atom. The van der Waals surface area contributed by atoms with Crippen LogP contribution in [0.15, 0.2) is 18.2 Å². The van der Waals surface area contributed by atoms with Crippen LogP contribution in [0.2, 0.25) is 0 Å². The van der Waals surface area contributed by atoms with E-state index in [9.17, 15) is 10.2 Å². The lowest BCUT2D eigenvalue weighted by Gasteiger charge is -2.44. The van der Waals surface area contributed by atoms with E-state index in [2.05, 4.69) is 58.6 Å². The van der Waals surface area contributed by atoms with E-state index >= 15 is 0 Å². The van der Waals surface area contributed by atoms with Crippen molar-refractivity contribution in [3.63, 3.8) is 0 Å². The molecule has 0 spiro atoms. The van der Waals surface area contributed by atoms with Crippen molar-refractivity contribution in [2.75, 3.05) is 62.2 Å². The number of β-amino-alcohol motifs (C(OH)–C–C–N with tert-alkyl or cyclic N) is 2. The first-order valence-electron chi connectivity index (χ1n) is 11.9. The summed E-state index contributed by atoms with van der Waals surface area (Å²) in [5.74, 6) is 0. The van der Waals surface area contributed by atoms with Gasteiger partial charge in [0.15, 0.2) is 0 Å². The van der Waals surface area contributed by atoms with Crippen LogP contribution in [0.3, 0.4) is 0 Å². The average Bonchev–Trinajstić information content (AvgIpc) is 2.61. The van der Waals surface area contributed by atoms with Crippen LogP contribution < -0.4 is 9.80 Å². The monoisotopic (exact) mass is 432 g/mol. The van der Waals surface area contributed by atoms with Crippen LogP contribution in [0.4, 0.5) is 11.4 Å². The molecule has 0 aromatic heterocycles. The van der Waals surface area contributed by atoms with Crippen molar-refractivity contribution in [1.82, 2.24) is 9.80 Å². The Morgan fingerprint density at radius 3 is 2.10 bits per heavy atom. The van der Waals surface area contributed by atoms with Gasteiger partial charge in [0.1, 0.15) is 0 Å². The molecule has 3 rings (SSSR count). The molecule has 1 aromatic carbocycles. The molecule has 0 amide bonds. The molecule has 1 aromatic rings. The van der Waals surface area contributed by atoms with Crippen molar-refractivity contribution >= 4 is 11.4 Å². The zero-order valence-corrected chi connectivity index (χ0v) is 20.7. The lowest BCUT2D eigenvalue weighted by Crippen LogP contribution is -2.55. The maximum absolute atomic E-state index is 10.2. The fraction of sp³-hybridized carbons (Fsp3) is 0.760. The summed E-state index contributed by atoms with van der Waals surface area (Å²) in [5, 5.41) is 20.3. The lowest BCUT2D eigenvalue weighted by molar-refractivity contribution is 0.0201. The zero-order chi connectivity index (χ0) is 23.0. The maximum Gasteiger partial charge on any atom is 0.0718 e. The van der Waals surface area contributed by atoms with Gasteiger partial charge in [0.2, 0.25) is 0 Å². The van der Waals surface area contributed by atoms with E-state index in [0.29, 0.717) is 12.1 Å². The summed E-state index contributed by atoms with van der Waals surface area (Å²) in [6, 6.07) is 7.75. The number of piperazine rings is 2. The number of aryl methyl sites for hydroxylation is 1. The topological polar surface area (TPSA) is 53.4 Å². The third kappa shape index (κ3) is 6.58. The second-order valence-corrected chi connectivity index (χ2v) is 11.1. The van der Waals surface area contributed by atoms with E-state index in [1.165, 1.54) is 16.9 Å². The first-order valence-corrected chi connectivity index (χ1v) is 11.9. The normalized spacial score (nSPS) is 24.7. The second-order valence-electron chi connectivity index (χ2n) is 11.1. The fourth-order valence-corrected chi connectivity index (χ4v) is 5.23. The molecular weight excluding hydrogens is 388 g/mol. The molecule has 2 atom stereocenters. The molecule has 0 unspecified atom stereocenters. The summed E-state index contributed by atoms with van der Waals surface area (Å²) < 4.78 is 0. The van der Waals surface area contributed by atoms with E-state index in [4.69, 9.17) is 0 Å². The van der Waals surface area contributed by atoms with Crippen LogP contribution in [0, 0.1) is 6.92 Å². The van der Waals surface area contributed by atoms with Gasteiger partial charge in [0.05, 0.1) is 11.2 Å². The van der Waals surface area contributed by atoms with Crippen molar-refractivity contribution < 1.29 is 10.2 Å². The molecule has 0 radical (unpaired) electrons. The summed E-state index contributed by atoms with van der Waals surface area (Å²) in [5.41, 5.74) is 2.65. The SMILES string of the molecule is Cc1cc(N2CCN(CC(C)(C)O)C[C@H]2C)ccc1N1CCN(CC(C)(C)O)[C@@H](C)C1. The Bertz CT molecular complexity index is 740. The van der Waals surface area contributed by atoms with Crippen molar-refractivity contribution in [2.24, 2.45) is 0 Å². The highest BCUT2D eigenvalue weighted by Crippen LogP contribution is 2.30. The molecule has 2 aliphatic heterocycles. The summed E-state index contributed by atoms with van der Waals surface area (Å²) in [7, 11) is 0. The molecule has 2 fully saturated rings. The standard InChI is InChI=1S/C25H44N4O2/c1-19-14-22(29-13-10-26(15-21(29)3)17-24(4,5)30)8-9-23(19)27-11-12-28(20(2)16-27)18-25(6,7)31/h8-9,14,20-21,30-31H,10-13,15-18H2,1-7H3/t20-,21+/m0/s1. The number of hydrogen-bond donors (Lipinski definition) is 2. The highest BCUT2D eigenvalue weighted by Gasteiger charge is 2.30. The van der Waals surface area contributed by atoms with Crippen molar-refractivity contribution in [1.29, 1.82) is 0 Å². The minimum Gasteiger partial charge on any atom is -0.389 e. The summed E-state index contributed by atoms with van der Waals surface area (Å²) in [6.07, 6.45) is 0. The highest BCUT2D eigenvalue weighted by molar-refractivity contribution is 5.62. The van der Waals surface area contributed by atoms with Gasteiger partial charge in [-0.1, -0.05) is 0 Å². The van der Waals surface area contributed by atoms with Gasteiger partial charge in [-0.3, -0.25) is 9.80 Å². The first-order chi connectivity index (χ1) is 14.3. The quantitative estimate of drug-likeness (QED) is 0.721. The van der Waals surface area contributed by atoms with Crippen molar-refractivity contribution in [3.05, 3.63) is 23.8 Å². The molecule has 6 heteroatoms. The van der Waals surface area contributed by atoms with Gasteiger partial charge in [0, 0.05) is 75.8 Å². The maximum atomic E-state index is 10.2. The number of aliphatic hydroxyl groups is 2. The van der Waals surface area contributed by atoms with E-state index in [0.717, 1.165) is 52.4 Å². The second kappa shape index (κ2) is 9.26. The van der Waals surface area contributed by atoms with E-state index in [1.807, 2.05) is 27.7 Å². The van der Waals surface area contributed by atoms with Crippen LogP contribution in [0.25, 0.3) is 0 Å². The van der Waals surface area contributed by atoms with Gasteiger partial charge < -0.3 is 20.0 Å². The van der Waals surface area contributed by atoms with Gasteiger partial charge in [-0.05, 0) is 72.2 Å². The number of rotatable bonds is 6. The van der Waals surface area contributed by atoms with Crippen LogP contribution in [0.5, 0.6) is 0 Å². The van der Waals surface area contributed by atoms with Crippen LogP contribution in [0.1, 0.15) is 47.1 Å². The Kier molecular flexibility index (Phi) is 7.26. The van der Waals surface area contributed by atoms with Crippen LogP contribution >= 0.6 is 0 Å². The van der Waals surface area contributed by atoms with Gasteiger partial charge >= 0.3 is 0 Å². The molecule has 0 bridgehead atoms. The molecule has 2 N–H and O–H groups in total. The van der Waals surface area contributed by atoms with E-state index in [-0.39, 0.29) is 0 Å². The minimum atomic E-state index is -0.651. The molecular formula is C25H44N4O2. The zero-order valence-electron chi connectivity index (χ0n) is 20.7. The minimum absolute atomic E-state index is 0.420. The van der Waals surface area contributed by atoms with E-state index in [1.54, 1.807) is 0 Å². The largest absolute Gasteiger partial charge is 0.389 e. The number of anilines is 2. The molecule has 2 heterocycles. The predicted octanol–water partition coefficient (Wildman–Crippen LogP) is 2.56. The van der Waals surface area contributed by atoms with Gasteiger partial charge in [-0.15, -0.1) is 0 Å². The number of nitrogens with zero attached hydrogens (tertiary/aromatic N) is 4. The fourth-order valence-electron chi connectivity index (χ4n) is 5.23. The highest BCUT2D eigenvalue weighted by atomic mass is 16.3. The Morgan fingerprint density at radius 2 is 1.55 bits per heavy atom. The Labute approximate surface area is 189 Å². The molecule has 0 aliphatic carbocycles.